The van der Waals surface area contributed by atoms with Crippen LogP contribution < -0.4 is 4.29 Å². The first-order chi connectivity index (χ1) is 6.13. The summed E-state index contributed by atoms with van der Waals surface area (Å²) in [5, 5.41) is 0. The van der Waals surface area contributed by atoms with Crippen LogP contribution in [0.3, 0.4) is 0 Å². The fraction of sp³-hybridized carbons (Fsp3) is 0.125. The number of hydrogen-bond acceptors (Lipinski definition) is 2. The molecule has 1 aliphatic heterocycles. The highest BCUT2D eigenvalue weighted by Gasteiger charge is 2.30. The van der Waals surface area contributed by atoms with E-state index in [0.29, 0.717) is 5.75 Å². The van der Waals surface area contributed by atoms with E-state index in [4.69, 9.17) is 11.9 Å². The molecule has 0 fully saturated rings. The van der Waals surface area contributed by atoms with Crippen molar-refractivity contribution >= 4 is 55.6 Å². The van der Waals surface area contributed by atoms with Gasteiger partial charge in [-0.1, -0.05) is 31.9 Å². The summed E-state index contributed by atoms with van der Waals surface area (Å²) in [7, 11) is 0. The Bertz CT molecular complexity index is 378. The lowest BCUT2D eigenvalue weighted by Gasteiger charge is -2.11. The van der Waals surface area contributed by atoms with Crippen LogP contribution in [0.25, 0.3) is 0 Å². The highest BCUT2D eigenvalue weighted by molar-refractivity contribution is 9.25. The van der Waals surface area contributed by atoms with Gasteiger partial charge in [0.1, 0.15) is 20.8 Å². The molecule has 0 unspecified atom stereocenters. The average Bonchev–Trinajstić information content (AvgIpc) is 2.42. The summed E-state index contributed by atoms with van der Waals surface area (Å²) in [6.07, 6.45) is 1.77. The Morgan fingerprint density at radius 1 is 1.38 bits per heavy atom. The molecule has 0 bridgehead atoms. The van der Waals surface area contributed by atoms with Crippen LogP contribution in [0.4, 0.5) is 5.69 Å². The van der Waals surface area contributed by atoms with Gasteiger partial charge in [0.15, 0.2) is 0 Å². The first kappa shape index (κ1) is 9.49. The molecule has 0 spiro atoms. The van der Waals surface area contributed by atoms with E-state index in [1.807, 2.05) is 12.1 Å². The lowest BCUT2D eigenvalue weighted by Crippen LogP contribution is -2.05. The molecule has 0 N–H and O–H groups in total. The van der Waals surface area contributed by atoms with E-state index in [2.05, 4.69) is 41.1 Å². The summed E-state index contributed by atoms with van der Waals surface area (Å²) in [4.78, 5) is 4.21. The molecule has 0 atom stereocenters. The number of nitrogens with zero attached hydrogens (tertiary/aromatic N) is 1. The number of aliphatic imine (C=N–C) groups is 1. The fourth-order valence-corrected chi connectivity index (χ4v) is 2.10. The number of halogens is 3. The minimum atomic E-state index is -0.388. The maximum absolute atomic E-state index is 5.25. The van der Waals surface area contributed by atoms with Crippen molar-refractivity contribution in [1.29, 1.82) is 0 Å². The quantitative estimate of drug-likeness (QED) is 0.718. The lowest BCUT2D eigenvalue weighted by molar-refractivity contribution is 0.618. The summed E-state index contributed by atoms with van der Waals surface area (Å²) in [6.45, 7) is 0. The zero-order valence-corrected chi connectivity index (χ0v) is 10.2. The van der Waals surface area contributed by atoms with Crippen molar-refractivity contribution in [1.82, 2.24) is 0 Å². The van der Waals surface area contributed by atoms with Gasteiger partial charge in [-0.25, -0.2) is 0 Å². The van der Waals surface area contributed by atoms with Crippen molar-refractivity contribution in [3.63, 3.8) is 0 Å². The Morgan fingerprint density at radius 2 is 2.15 bits per heavy atom. The molecule has 5 heteroatoms. The third kappa shape index (κ3) is 1.63. The summed E-state index contributed by atoms with van der Waals surface area (Å²) in [5.41, 5.74) is 1.90. The summed E-state index contributed by atoms with van der Waals surface area (Å²) >= 11 is 12.2. The van der Waals surface area contributed by atoms with Crippen molar-refractivity contribution < 1.29 is 4.29 Å². The van der Waals surface area contributed by atoms with Gasteiger partial charge in [-0.2, -0.15) is 0 Å². The number of benzene rings is 1. The Balaban J connectivity index is 2.54. The highest BCUT2D eigenvalue weighted by Crippen LogP contribution is 2.47. The van der Waals surface area contributed by atoms with Crippen LogP contribution in [0.5, 0.6) is 5.75 Å². The van der Waals surface area contributed by atoms with E-state index < -0.39 is 0 Å². The van der Waals surface area contributed by atoms with Crippen molar-refractivity contribution in [2.24, 2.45) is 4.99 Å². The second-order valence-electron chi connectivity index (χ2n) is 2.64. The number of rotatable bonds is 1. The van der Waals surface area contributed by atoms with Gasteiger partial charge in [0.05, 0.1) is 5.69 Å². The monoisotopic (exact) mass is 323 g/mol. The number of fused-ring (bicyclic) bond motifs is 1. The van der Waals surface area contributed by atoms with Gasteiger partial charge in [0.2, 0.25) is 0 Å². The smallest absolute Gasteiger partial charge is 0.146 e. The molecule has 1 heterocycles. The first-order valence-corrected chi connectivity index (χ1v) is 5.39. The number of hydrogen-bond donors (Lipinski definition) is 0. The Kier molecular flexibility index (Phi) is 2.38. The molecule has 0 amide bonds. The molecule has 1 aromatic carbocycles. The highest BCUT2D eigenvalue weighted by atomic mass is 79.9. The fourth-order valence-electron chi connectivity index (χ4n) is 1.16. The molecule has 1 aliphatic rings. The number of alkyl halides is 2. The van der Waals surface area contributed by atoms with Crippen molar-refractivity contribution in [2.45, 2.75) is 3.23 Å². The van der Waals surface area contributed by atoms with Crippen LogP contribution in [-0.4, -0.2) is 6.21 Å². The third-order valence-corrected chi connectivity index (χ3v) is 3.22. The van der Waals surface area contributed by atoms with Crippen LogP contribution in [0.2, 0.25) is 0 Å². The van der Waals surface area contributed by atoms with Crippen LogP contribution >= 0.6 is 43.7 Å². The minimum absolute atomic E-state index is 0.388. The lowest BCUT2D eigenvalue weighted by atomic mass is 10.1. The molecule has 68 valence electrons. The van der Waals surface area contributed by atoms with Crippen LogP contribution in [-0.2, 0) is 3.23 Å². The van der Waals surface area contributed by atoms with Gasteiger partial charge in [-0.15, -0.1) is 0 Å². The standard InChI is InChI=1S/C8H4Br2ClNO/c9-8(10)4-12-7-2-1-5(13-11)3-6(7)8/h1-4H. The Labute approximate surface area is 97.4 Å². The molecule has 2 rings (SSSR count). The summed E-state index contributed by atoms with van der Waals surface area (Å²) in [5.74, 6) is 0.606. The van der Waals surface area contributed by atoms with Gasteiger partial charge in [-0.05, 0) is 18.2 Å². The SMILES string of the molecule is ClOc1ccc2c(c1)C(Br)(Br)C=N2. The largest absolute Gasteiger partial charge is 0.386 e. The van der Waals surface area contributed by atoms with Gasteiger partial charge >= 0.3 is 0 Å². The van der Waals surface area contributed by atoms with Crippen molar-refractivity contribution in [2.75, 3.05) is 0 Å². The molecule has 0 saturated heterocycles. The van der Waals surface area contributed by atoms with Crippen LogP contribution in [0.1, 0.15) is 5.56 Å². The Morgan fingerprint density at radius 3 is 2.85 bits per heavy atom. The normalized spacial score (nSPS) is 17.2. The van der Waals surface area contributed by atoms with Gasteiger partial charge in [-0.3, -0.25) is 4.99 Å². The van der Waals surface area contributed by atoms with E-state index >= 15 is 0 Å². The molecule has 0 aliphatic carbocycles. The van der Waals surface area contributed by atoms with Crippen molar-refractivity contribution in [3.8, 4) is 5.75 Å². The molecular weight excluding hydrogens is 321 g/mol. The second kappa shape index (κ2) is 3.26. The Hall–Kier alpha value is -0.0600. The van der Waals surface area contributed by atoms with Crippen LogP contribution in [0, 0.1) is 0 Å². The van der Waals surface area contributed by atoms with E-state index in [0.717, 1.165) is 11.3 Å². The van der Waals surface area contributed by atoms with Crippen molar-refractivity contribution in [3.05, 3.63) is 23.8 Å². The predicted octanol–water partition coefficient (Wildman–Crippen LogP) is 3.88. The maximum atomic E-state index is 5.25. The summed E-state index contributed by atoms with van der Waals surface area (Å²) in [6, 6.07) is 5.46. The van der Waals surface area contributed by atoms with Gasteiger partial charge < -0.3 is 4.29 Å². The van der Waals surface area contributed by atoms with Crippen LogP contribution in [0.15, 0.2) is 23.2 Å². The van der Waals surface area contributed by atoms with E-state index in [-0.39, 0.29) is 3.23 Å². The first-order valence-electron chi connectivity index (χ1n) is 3.49. The van der Waals surface area contributed by atoms with E-state index in [1.165, 1.54) is 0 Å². The van der Waals surface area contributed by atoms with Gasteiger partial charge in [0, 0.05) is 11.8 Å². The molecule has 0 aromatic heterocycles. The zero-order chi connectivity index (χ0) is 9.47. The molecule has 0 saturated carbocycles. The average molecular weight is 325 g/mol. The van der Waals surface area contributed by atoms with E-state index in [1.54, 1.807) is 12.3 Å². The molecule has 13 heavy (non-hydrogen) atoms. The summed E-state index contributed by atoms with van der Waals surface area (Å²) < 4.78 is 4.22. The van der Waals surface area contributed by atoms with E-state index in [9.17, 15) is 0 Å². The van der Waals surface area contributed by atoms with Gasteiger partial charge in [0.25, 0.3) is 0 Å². The second-order valence-corrected chi connectivity index (χ2v) is 6.36. The molecule has 0 radical (unpaired) electrons. The minimum Gasteiger partial charge on any atom is -0.386 e. The molecule has 1 aromatic rings. The maximum Gasteiger partial charge on any atom is 0.146 e. The topological polar surface area (TPSA) is 21.6 Å². The molecule has 2 nitrogen and oxygen atoms in total. The zero-order valence-electron chi connectivity index (χ0n) is 6.30. The molecular formula is C8H4Br2ClNO. The third-order valence-electron chi connectivity index (χ3n) is 1.78. The predicted molar refractivity (Wildman–Crippen MR) is 60.6 cm³/mol.